The predicted molar refractivity (Wildman–Crippen MR) is 83.7 cm³/mol. The van der Waals surface area contributed by atoms with Crippen LogP contribution in [-0.2, 0) is 4.74 Å². The van der Waals surface area contributed by atoms with E-state index in [0.717, 1.165) is 44.2 Å². The van der Waals surface area contributed by atoms with Gasteiger partial charge in [-0.3, -0.25) is 9.88 Å². The van der Waals surface area contributed by atoms with E-state index in [1.807, 2.05) is 25.4 Å². The van der Waals surface area contributed by atoms with Crippen LogP contribution >= 0.6 is 0 Å². The fraction of sp³-hybridized carbons (Fsp3) is 0.688. The zero-order valence-electron chi connectivity index (χ0n) is 13.6. The highest BCUT2D eigenvalue weighted by molar-refractivity contribution is 5.32. The van der Waals surface area contributed by atoms with Crippen molar-refractivity contribution in [3.8, 4) is 5.75 Å². The van der Waals surface area contributed by atoms with Gasteiger partial charge in [-0.25, -0.2) is 0 Å². The Morgan fingerprint density at radius 2 is 2.19 bits per heavy atom. The lowest BCUT2D eigenvalue weighted by Gasteiger charge is -2.47. The summed E-state index contributed by atoms with van der Waals surface area (Å²) in [7, 11) is 3.69. The van der Waals surface area contributed by atoms with Crippen LogP contribution in [0.3, 0.4) is 0 Å². The standard InChI is InChI=1S/C16H27N3O2/c1-5-16(2,19-9-11-21-12-10-19)15(17-3)14-13(20-4)7-6-8-18-14/h6-8,15,17H,5,9-12H2,1-4H3. The summed E-state index contributed by atoms with van der Waals surface area (Å²) in [6.07, 6.45) is 2.86. The fourth-order valence-corrected chi connectivity index (χ4v) is 3.22. The molecular weight excluding hydrogens is 266 g/mol. The van der Waals surface area contributed by atoms with Gasteiger partial charge < -0.3 is 14.8 Å². The molecule has 1 aromatic heterocycles. The van der Waals surface area contributed by atoms with Gasteiger partial charge in [0.25, 0.3) is 0 Å². The summed E-state index contributed by atoms with van der Waals surface area (Å²) in [6, 6.07) is 3.99. The minimum Gasteiger partial charge on any atom is -0.495 e. The van der Waals surface area contributed by atoms with Crippen molar-refractivity contribution in [1.82, 2.24) is 15.2 Å². The van der Waals surface area contributed by atoms with Gasteiger partial charge in [0.1, 0.15) is 11.4 Å². The normalized spacial score (nSPS) is 20.8. The summed E-state index contributed by atoms with van der Waals surface area (Å²) in [5.41, 5.74) is 0.943. The van der Waals surface area contributed by atoms with Crippen LogP contribution in [0.25, 0.3) is 0 Å². The molecule has 21 heavy (non-hydrogen) atoms. The lowest BCUT2D eigenvalue weighted by Crippen LogP contribution is -2.57. The molecule has 0 aromatic carbocycles. The van der Waals surface area contributed by atoms with Crippen LogP contribution in [0.1, 0.15) is 32.0 Å². The minimum atomic E-state index is -0.0276. The van der Waals surface area contributed by atoms with Gasteiger partial charge in [0.05, 0.1) is 26.4 Å². The largest absolute Gasteiger partial charge is 0.495 e. The third kappa shape index (κ3) is 3.20. The number of ether oxygens (including phenoxy) is 2. The third-order valence-electron chi connectivity index (χ3n) is 4.65. The molecular formula is C16H27N3O2. The molecule has 0 amide bonds. The van der Waals surface area contributed by atoms with Gasteiger partial charge in [-0.2, -0.15) is 0 Å². The fourth-order valence-electron chi connectivity index (χ4n) is 3.22. The Hall–Kier alpha value is -1.17. The number of pyridine rings is 1. The summed E-state index contributed by atoms with van der Waals surface area (Å²) in [6.45, 7) is 8.04. The number of rotatable bonds is 6. The minimum absolute atomic E-state index is 0.0276. The summed E-state index contributed by atoms with van der Waals surface area (Å²) in [4.78, 5) is 7.09. The number of hydrogen-bond donors (Lipinski definition) is 1. The van der Waals surface area contributed by atoms with Crippen molar-refractivity contribution in [2.45, 2.75) is 31.8 Å². The van der Waals surface area contributed by atoms with E-state index >= 15 is 0 Å². The van der Waals surface area contributed by atoms with Crippen molar-refractivity contribution in [2.24, 2.45) is 0 Å². The van der Waals surface area contributed by atoms with E-state index in [1.54, 1.807) is 7.11 Å². The van der Waals surface area contributed by atoms with Gasteiger partial charge in [-0.15, -0.1) is 0 Å². The zero-order chi connectivity index (χ0) is 15.3. The van der Waals surface area contributed by atoms with Gasteiger partial charge in [-0.1, -0.05) is 6.92 Å². The molecule has 1 aromatic rings. The lowest BCUT2D eigenvalue weighted by molar-refractivity contribution is -0.0327. The maximum absolute atomic E-state index is 5.51. The average Bonchev–Trinajstić information content (AvgIpc) is 2.56. The molecule has 1 aliphatic rings. The van der Waals surface area contributed by atoms with Crippen molar-refractivity contribution in [3.63, 3.8) is 0 Å². The van der Waals surface area contributed by atoms with E-state index in [1.165, 1.54) is 0 Å². The van der Waals surface area contributed by atoms with Crippen LogP contribution in [0.4, 0.5) is 0 Å². The number of morpholine rings is 1. The molecule has 118 valence electrons. The Morgan fingerprint density at radius 3 is 2.76 bits per heavy atom. The summed E-state index contributed by atoms with van der Waals surface area (Å²) in [5, 5.41) is 3.46. The summed E-state index contributed by atoms with van der Waals surface area (Å²) < 4.78 is 11.0. The maximum atomic E-state index is 5.51. The molecule has 1 aliphatic heterocycles. The molecule has 1 saturated heterocycles. The van der Waals surface area contributed by atoms with E-state index in [2.05, 4.69) is 29.0 Å². The van der Waals surface area contributed by atoms with Crippen molar-refractivity contribution in [1.29, 1.82) is 0 Å². The van der Waals surface area contributed by atoms with Crippen LogP contribution in [-0.4, -0.2) is 55.9 Å². The Balaban J connectivity index is 2.36. The topological polar surface area (TPSA) is 46.6 Å². The molecule has 2 unspecified atom stereocenters. The molecule has 2 rings (SSSR count). The van der Waals surface area contributed by atoms with Crippen LogP contribution in [0, 0.1) is 0 Å². The Kier molecular flexibility index (Phi) is 5.56. The molecule has 2 heterocycles. The molecule has 1 N–H and O–H groups in total. The van der Waals surface area contributed by atoms with Gasteiger partial charge >= 0.3 is 0 Å². The first-order valence-electron chi connectivity index (χ1n) is 7.66. The molecule has 0 bridgehead atoms. The molecule has 2 atom stereocenters. The molecule has 5 heteroatoms. The predicted octanol–water partition coefficient (Wildman–Crippen LogP) is 1.85. The van der Waals surface area contributed by atoms with Crippen LogP contribution < -0.4 is 10.1 Å². The second-order valence-electron chi connectivity index (χ2n) is 5.62. The Bertz CT molecular complexity index is 449. The molecule has 0 saturated carbocycles. The third-order valence-corrected chi connectivity index (χ3v) is 4.65. The van der Waals surface area contributed by atoms with E-state index < -0.39 is 0 Å². The van der Waals surface area contributed by atoms with Gasteiger partial charge in [0.2, 0.25) is 0 Å². The zero-order valence-corrected chi connectivity index (χ0v) is 13.6. The Morgan fingerprint density at radius 1 is 1.48 bits per heavy atom. The number of nitrogens with one attached hydrogen (secondary N) is 1. The van der Waals surface area contributed by atoms with Crippen molar-refractivity contribution in [2.75, 3.05) is 40.5 Å². The van der Waals surface area contributed by atoms with Crippen molar-refractivity contribution in [3.05, 3.63) is 24.0 Å². The summed E-state index contributed by atoms with van der Waals surface area (Å²) >= 11 is 0. The monoisotopic (exact) mass is 293 g/mol. The van der Waals surface area contributed by atoms with E-state index in [4.69, 9.17) is 9.47 Å². The summed E-state index contributed by atoms with van der Waals surface area (Å²) in [5.74, 6) is 0.838. The molecule has 5 nitrogen and oxygen atoms in total. The average molecular weight is 293 g/mol. The highest BCUT2D eigenvalue weighted by Crippen LogP contribution is 2.37. The van der Waals surface area contributed by atoms with Crippen LogP contribution in [0.5, 0.6) is 5.75 Å². The van der Waals surface area contributed by atoms with E-state index in [9.17, 15) is 0 Å². The second-order valence-corrected chi connectivity index (χ2v) is 5.62. The maximum Gasteiger partial charge on any atom is 0.142 e. The van der Waals surface area contributed by atoms with Crippen LogP contribution in [0.15, 0.2) is 18.3 Å². The molecule has 0 spiro atoms. The number of aromatic nitrogens is 1. The number of hydrogen-bond acceptors (Lipinski definition) is 5. The Labute approximate surface area is 127 Å². The van der Waals surface area contributed by atoms with Gasteiger partial charge in [0, 0.05) is 24.8 Å². The number of methoxy groups -OCH3 is 1. The first-order chi connectivity index (χ1) is 10.2. The smallest absolute Gasteiger partial charge is 0.142 e. The molecule has 0 radical (unpaired) electrons. The van der Waals surface area contributed by atoms with E-state index in [-0.39, 0.29) is 11.6 Å². The SMILES string of the molecule is CCC(C)(C(NC)c1ncccc1OC)N1CCOCC1. The highest BCUT2D eigenvalue weighted by Gasteiger charge is 2.40. The van der Waals surface area contributed by atoms with E-state index in [0.29, 0.717) is 0 Å². The lowest BCUT2D eigenvalue weighted by atomic mass is 9.84. The quantitative estimate of drug-likeness (QED) is 0.867. The second kappa shape index (κ2) is 7.20. The van der Waals surface area contributed by atoms with Crippen molar-refractivity contribution < 1.29 is 9.47 Å². The number of nitrogens with zero attached hydrogens (tertiary/aromatic N) is 2. The number of likely N-dealkylation sites (N-methyl/N-ethyl adjacent to an activating group) is 1. The molecule has 1 fully saturated rings. The first-order valence-corrected chi connectivity index (χ1v) is 7.66. The first kappa shape index (κ1) is 16.2. The van der Waals surface area contributed by atoms with Crippen LogP contribution in [0.2, 0.25) is 0 Å². The highest BCUT2D eigenvalue weighted by atomic mass is 16.5. The van der Waals surface area contributed by atoms with Gasteiger partial charge in [-0.05, 0) is 32.5 Å². The van der Waals surface area contributed by atoms with Crippen molar-refractivity contribution >= 4 is 0 Å². The molecule has 0 aliphatic carbocycles. The van der Waals surface area contributed by atoms with Gasteiger partial charge in [0.15, 0.2) is 0 Å².